The van der Waals surface area contributed by atoms with Gasteiger partial charge >= 0.3 is 0 Å². The van der Waals surface area contributed by atoms with Gasteiger partial charge in [-0.05, 0) is 61.9 Å². The van der Waals surface area contributed by atoms with Crippen molar-refractivity contribution in [2.75, 3.05) is 13.1 Å². The molecule has 1 aromatic heterocycles. The van der Waals surface area contributed by atoms with E-state index in [2.05, 4.69) is 10.6 Å². The number of amides is 1. The molecule has 148 valence electrons. The summed E-state index contributed by atoms with van der Waals surface area (Å²) in [4.78, 5) is 25.3. The summed E-state index contributed by atoms with van der Waals surface area (Å²) in [5.74, 6) is 0.172. The van der Waals surface area contributed by atoms with Crippen LogP contribution in [0.3, 0.4) is 0 Å². The Bertz CT molecular complexity index is 866. The van der Waals surface area contributed by atoms with Crippen LogP contribution in [0.4, 0.5) is 4.39 Å². The molecule has 2 fully saturated rings. The molecule has 1 amide bonds. The third kappa shape index (κ3) is 4.68. The zero-order chi connectivity index (χ0) is 19.5. The van der Waals surface area contributed by atoms with Gasteiger partial charge in [-0.15, -0.1) is 0 Å². The SMILES string of the molecule is O=C(Cc1cn(-c2cccc(F)c2)cc1C(=O)N[C@H]1CCCNC1)CC1CC1. The third-order valence-corrected chi connectivity index (χ3v) is 5.49. The minimum Gasteiger partial charge on any atom is -0.348 e. The van der Waals surface area contributed by atoms with Crippen molar-refractivity contribution in [3.8, 4) is 5.69 Å². The van der Waals surface area contributed by atoms with E-state index in [0.717, 1.165) is 38.8 Å². The molecule has 5 nitrogen and oxygen atoms in total. The number of benzene rings is 1. The summed E-state index contributed by atoms with van der Waals surface area (Å²) in [5.41, 5.74) is 1.84. The van der Waals surface area contributed by atoms with Gasteiger partial charge in [0.15, 0.2) is 0 Å². The first-order valence-corrected chi connectivity index (χ1v) is 10.1. The van der Waals surface area contributed by atoms with Crippen molar-refractivity contribution in [2.24, 2.45) is 5.92 Å². The van der Waals surface area contributed by atoms with Crippen LogP contribution in [0.5, 0.6) is 0 Å². The van der Waals surface area contributed by atoms with Gasteiger partial charge in [-0.25, -0.2) is 4.39 Å². The lowest BCUT2D eigenvalue weighted by molar-refractivity contribution is -0.118. The van der Waals surface area contributed by atoms with Gasteiger partial charge in [0, 0.05) is 43.5 Å². The summed E-state index contributed by atoms with van der Waals surface area (Å²) >= 11 is 0. The number of halogens is 1. The van der Waals surface area contributed by atoms with E-state index in [9.17, 15) is 14.0 Å². The predicted octanol–water partition coefficient (Wildman–Crippen LogP) is 3.01. The molecule has 4 rings (SSSR count). The van der Waals surface area contributed by atoms with Crippen molar-refractivity contribution in [3.63, 3.8) is 0 Å². The van der Waals surface area contributed by atoms with Crippen LogP contribution in [0.15, 0.2) is 36.7 Å². The molecule has 1 saturated carbocycles. The van der Waals surface area contributed by atoms with Crippen LogP contribution in [-0.4, -0.2) is 35.4 Å². The van der Waals surface area contributed by atoms with Gasteiger partial charge in [-0.2, -0.15) is 0 Å². The first-order chi connectivity index (χ1) is 13.6. The second kappa shape index (κ2) is 8.27. The number of carbonyl (C=O) groups is 2. The molecule has 1 aliphatic carbocycles. The van der Waals surface area contributed by atoms with Crippen LogP contribution in [0.25, 0.3) is 5.69 Å². The van der Waals surface area contributed by atoms with Crippen LogP contribution in [0, 0.1) is 11.7 Å². The molecule has 0 radical (unpaired) electrons. The largest absolute Gasteiger partial charge is 0.348 e. The molecule has 0 spiro atoms. The van der Waals surface area contributed by atoms with Gasteiger partial charge in [0.25, 0.3) is 5.91 Å². The number of ketones is 1. The van der Waals surface area contributed by atoms with E-state index in [1.54, 1.807) is 29.1 Å². The first-order valence-electron chi connectivity index (χ1n) is 10.1. The highest BCUT2D eigenvalue weighted by Gasteiger charge is 2.26. The molecule has 28 heavy (non-hydrogen) atoms. The number of Topliss-reactive ketones (excluding diaryl/α,β-unsaturated/α-hetero) is 1. The maximum atomic E-state index is 13.6. The number of nitrogens with zero attached hydrogens (tertiary/aromatic N) is 1. The van der Waals surface area contributed by atoms with Crippen molar-refractivity contribution < 1.29 is 14.0 Å². The Hall–Kier alpha value is -2.47. The van der Waals surface area contributed by atoms with Gasteiger partial charge in [-0.1, -0.05) is 6.07 Å². The van der Waals surface area contributed by atoms with E-state index in [1.165, 1.54) is 12.1 Å². The molecule has 6 heteroatoms. The van der Waals surface area contributed by atoms with E-state index in [0.29, 0.717) is 29.2 Å². The van der Waals surface area contributed by atoms with Crippen LogP contribution >= 0.6 is 0 Å². The Kier molecular flexibility index (Phi) is 5.57. The highest BCUT2D eigenvalue weighted by molar-refractivity contribution is 5.97. The van der Waals surface area contributed by atoms with Gasteiger partial charge < -0.3 is 15.2 Å². The fraction of sp³-hybridized carbons (Fsp3) is 0.455. The molecule has 1 atom stereocenters. The summed E-state index contributed by atoms with van der Waals surface area (Å²) in [6.45, 7) is 1.73. The van der Waals surface area contributed by atoms with E-state index in [1.807, 2.05) is 0 Å². The Morgan fingerprint density at radius 2 is 2.07 bits per heavy atom. The zero-order valence-corrected chi connectivity index (χ0v) is 15.9. The van der Waals surface area contributed by atoms with Crippen molar-refractivity contribution in [1.82, 2.24) is 15.2 Å². The molecule has 2 aliphatic rings. The van der Waals surface area contributed by atoms with E-state index >= 15 is 0 Å². The molecular weight excluding hydrogens is 357 g/mol. The molecule has 2 heterocycles. The lowest BCUT2D eigenvalue weighted by atomic mass is 10.0. The lowest BCUT2D eigenvalue weighted by Crippen LogP contribution is -2.45. The average Bonchev–Trinajstić information content (AvgIpc) is 3.39. The topological polar surface area (TPSA) is 63.1 Å². The average molecular weight is 383 g/mol. The minimum atomic E-state index is -0.336. The zero-order valence-electron chi connectivity index (χ0n) is 15.9. The molecule has 0 unspecified atom stereocenters. The van der Waals surface area contributed by atoms with Crippen LogP contribution in [-0.2, 0) is 11.2 Å². The fourth-order valence-corrected chi connectivity index (χ4v) is 3.79. The normalized spacial score (nSPS) is 19.4. The number of rotatable bonds is 7. The van der Waals surface area contributed by atoms with Crippen molar-refractivity contribution in [3.05, 3.63) is 53.6 Å². The van der Waals surface area contributed by atoms with Gasteiger partial charge in [0.2, 0.25) is 0 Å². The molecule has 1 saturated heterocycles. The van der Waals surface area contributed by atoms with E-state index in [-0.39, 0.29) is 30.0 Å². The molecule has 2 N–H and O–H groups in total. The Morgan fingerprint density at radius 1 is 1.21 bits per heavy atom. The monoisotopic (exact) mass is 383 g/mol. The predicted molar refractivity (Wildman–Crippen MR) is 105 cm³/mol. The van der Waals surface area contributed by atoms with E-state index in [4.69, 9.17) is 0 Å². The van der Waals surface area contributed by atoms with Crippen LogP contribution < -0.4 is 10.6 Å². The number of aromatic nitrogens is 1. The number of piperidine rings is 1. The highest BCUT2D eigenvalue weighted by Crippen LogP contribution is 2.33. The van der Waals surface area contributed by atoms with Gasteiger partial charge in [0.05, 0.1) is 5.56 Å². The van der Waals surface area contributed by atoms with Crippen molar-refractivity contribution >= 4 is 11.7 Å². The van der Waals surface area contributed by atoms with Gasteiger partial charge in [0.1, 0.15) is 11.6 Å². The summed E-state index contributed by atoms with van der Waals surface area (Å²) in [7, 11) is 0. The molecule has 1 aromatic carbocycles. The van der Waals surface area contributed by atoms with Gasteiger partial charge in [-0.3, -0.25) is 9.59 Å². The third-order valence-electron chi connectivity index (χ3n) is 5.49. The summed E-state index contributed by atoms with van der Waals surface area (Å²) in [6.07, 6.45) is 8.54. The first kappa shape index (κ1) is 18.9. The van der Waals surface area contributed by atoms with Crippen LogP contribution in [0.1, 0.15) is 48.0 Å². The maximum Gasteiger partial charge on any atom is 0.253 e. The summed E-state index contributed by atoms with van der Waals surface area (Å²) in [5, 5.41) is 6.37. The van der Waals surface area contributed by atoms with Crippen molar-refractivity contribution in [1.29, 1.82) is 0 Å². The fourth-order valence-electron chi connectivity index (χ4n) is 3.79. The number of carbonyl (C=O) groups excluding carboxylic acids is 2. The molecule has 0 bridgehead atoms. The summed E-state index contributed by atoms with van der Waals surface area (Å²) < 4.78 is 15.4. The van der Waals surface area contributed by atoms with Crippen LogP contribution in [0.2, 0.25) is 0 Å². The lowest BCUT2D eigenvalue weighted by Gasteiger charge is -2.23. The Labute approximate surface area is 164 Å². The maximum absolute atomic E-state index is 13.6. The smallest absolute Gasteiger partial charge is 0.253 e. The quantitative estimate of drug-likeness (QED) is 0.773. The number of nitrogens with one attached hydrogen (secondary N) is 2. The minimum absolute atomic E-state index is 0.0915. The summed E-state index contributed by atoms with van der Waals surface area (Å²) in [6, 6.07) is 6.31. The number of hydrogen-bond acceptors (Lipinski definition) is 3. The highest BCUT2D eigenvalue weighted by atomic mass is 19.1. The standard InChI is InChI=1S/C22H26FN3O2/c23-17-3-1-5-19(11-17)26-13-16(10-20(27)9-15-6-7-15)21(14-26)22(28)25-18-4-2-8-24-12-18/h1,3,5,11,13-15,18,24H,2,4,6-10,12H2,(H,25,28)/t18-/m0/s1. The Morgan fingerprint density at radius 3 is 2.79 bits per heavy atom. The molecule has 2 aromatic rings. The second-order valence-corrected chi connectivity index (χ2v) is 7.96. The second-order valence-electron chi connectivity index (χ2n) is 7.96. The van der Waals surface area contributed by atoms with E-state index < -0.39 is 0 Å². The Balaban J connectivity index is 1.57. The number of hydrogen-bond donors (Lipinski definition) is 2. The molecular formula is C22H26FN3O2. The molecule has 1 aliphatic heterocycles. The van der Waals surface area contributed by atoms with Crippen molar-refractivity contribution in [2.45, 2.75) is 44.6 Å².